The van der Waals surface area contributed by atoms with Crippen molar-refractivity contribution < 1.29 is 13.3 Å². The molecule has 0 atom stereocenters. The third kappa shape index (κ3) is 4.14. The third-order valence-corrected chi connectivity index (χ3v) is 7.34. The number of rotatable bonds is 3. The largest absolute Gasteiger partial charge is 0.330 e. The molecular weight excluding hydrogens is 308 g/mol. The fraction of sp³-hybridized carbons (Fsp3) is 0.667. The first-order valence-corrected chi connectivity index (χ1v) is 10.5. The Hall–Kier alpha value is -0.910. The van der Waals surface area contributed by atoms with E-state index in [0.29, 0.717) is 18.0 Å². The highest BCUT2D eigenvalue weighted by Gasteiger charge is 2.33. The van der Waals surface area contributed by atoms with E-state index in [2.05, 4.69) is 0 Å². The van der Waals surface area contributed by atoms with Gasteiger partial charge in [-0.25, -0.2) is 8.42 Å². The average Bonchev–Trinajstić information content (AvgIpc) is 2.56. The quantitative estimate of drug-likeness (QED) is 0.912. The molecule has 1 aromatic rings. The van der Waals surface area contributed by atoms with Crippen LogP contribution < -0.4 is 4.90 Å². The number of nitrogens with zero attached hydrogens (tertiary/aromatic N) is 1. The Bertz CT molecular complexity index is 572. The summed E-state index contributed by atoms with van der Waals surface area (Å²) < 4.78 is 27.0. The van der Waals surface area contributed by atoms with Crippen LogP contribution in [0.5, 0.6) is 0 Å². The minimum absolute atomic E-state index is 0.425. The van der Waals surface area contributed by atoms with Crippen LogP contribution in [-0.4, -0.2) is 44.9 Å². The molecule has 2 aliphatic rings. The zero-order chi connectivity index (χ0) is 16.1. The van der Waals surface area contributed by atoms with Gasteiger partial charge in [-0.15, -0.1) is 0 Å². The monoisotopic (exact) mass is 337 g/mol. The minimum atomic E-state index is -3.31. The van der Waals surface area contributed by atoms with Gasteiger partial charge in [0.1, 0.15) is 0 Å². The second-order valence-electron chi connectivity index (χ2n) is 6.92. The maximum absolute atomic E-state index is 12.7. The number of benzene rings is 1. The van der Waals surface area contributed by atoms with Crippen molar-refractivity contribution in [1.82, 2.24) is 4.31 Å². The van der Waals surface area contributed by atoms with Crippen molar-refractivity contribution in [2.24, 2.45) is 0 Å². The van der Waals surface area contributed by atoms with E-state index in [9.17, 15) is 8.42 Å². The molecule has 1 saturated heterocycles. The fourth-order valence-corrected chi connectivity index (χ4v) is 5.49. The van der Waals surface area contributed by atoms with Gasteiger partial charge in [0.15, 0.2) is 0 Å². The number of hydrogen-bond acceptors (Lipinski definition) is 2. The van der Waals surface area contributed by atoms with E-state index in [-0.39, 0.29) is 0 Å². The molecule has 0 bridgehead atoms. The van der Waals surface area contributed by atoms with Gasteiger partial charge in [-0.2, -0.15) is 4.31 Å². The normalized spacial score (nSPS) is 23.3. The molecular formula is C18H29N2O2S+. The lowest BCUT2D eigenvalue weighted by Crippen LogP contribution is -3.18. The van der Waals surface area contributed by atoms with Crippen LogP contribution in [0, 0.1) is 0 Å². The standard InChI is InChI=1S/C18H28N2O2S/c21-23(22,18-11-7-4-8-12-18)20-15-13-19(14-16-20)17-9-5-2-1-3-6-10-17/h4,7-8,11-12,17H,1-3,5-6,9-10,13-16H2/p+1. The molecule has 1 N–H and O–H groups in total. The van der Waals surface area contributed by atoms with E-state index in [0.717, 1.165) is 19.1 Å². The summed E-state index contributed by atoms with van der Waals surface area (Å²) in [4.78, 5) is 2.06. The van der Waals surface area contributed by atoms with Crippen LogP contribution in [0.3, 0.4) is 0 Å². The molecule has 1 heterocycles. The molecule has 23 heavy (non-hydrogen) atoms. The minimum Gasteiger partial charge on any atom is -0.330 e. The molecule has 0 spiro atoms. The van der Waals surface area contributed by atoms with Crippen LogP contribution in [0.4, 0.5) is 0 Å². The Labute approximate surface area is 140 Å². The van der Waals surface area contributed by atoms with Gasteiger partial charge in [0.05, 0.1) is 37.1 Å². The van der Waals surface area contributed by atoms with Gasteiger partial charge in [-0.05, 0) is 37.8 Å². The molecule has 1 saturated carbocycles. The van der Waals surface area contributed by atoms with Gasteiger partial charge < -0.3 is 4.90 Å². The van der Waals surface area contributed by atoms with Crippen molar-refractivity contribution in [2.75, 3.05) is 26.2 Å². The first kappa shape index (κ1) is 16.9. The van der Waals surface area contributed by atoms with Crippen molar-refractivity contribution >= 4 is 10.0 Å². The van der Waals surface area contributed by atoms with Gasteiger partial charge in [0, 0.05) is 0 Å². The van der Waals surface area contributed by atoms with Crippen LogP contribution in [-0.2, 0) is 10.0 Å². The molecule has 3 rings (SSSR count). The highest BCUT2D eigenvalue weighted by molar-refractivity contribution is 7.89. The van der Waals surface area contributed by atoms with Gasteiger partial charge in [0.2, 0.25) is 10.0 Å². The molecule has 128 valence electrons. The van der Waals surface area contributed by atoms with E-state index in [4.69, 9.17) is 0 Å². The predicted octanol–water partition coefficient (Wildman–Crippen LogP) is 1.69. The van der Waals surface area contributed by atoms with E-state index < -0.39 is 10.0 Å². The third-order valence-electron chi connectivity index (χ3n) is 5.43. The summed E-state index contributed by atoms with van der Waals surface area (Å²) >= 11 is 0. The predicted molar refractivity (Wildman–Crippen MR) is 92.0 cm³/mol. The van der Waals surface area contributed by atoms with E-state index >= 15 is 0 Å². The number of sulfonamides is 1. The van der Waals surface area contributed by atoms with Crippen molar-refractivity contribution in [2.45, 2.75) is 55.9 Å². The fourth-order valence-electron chi connectivity index (χ4n) is 4.03. The Morgan fingerprint density at radius 2 is 1.43 bits per heavy atom. The molecule has 0 radical (unpaired) electrons. The highest BCUT2D eigenvalue weighted by Crippen LogP contribution is 2.17. The summed E-state index contributed by atoms with van der Waals surface area (Å²) in [6, 6.07) is 9.59. The Balaban J connectivity index is 1.59. The van der Waals surface area contributed by atoms with Gasteiger partial charge >= 0.3 is 0 Å². The summed E-state index contributed by atoms with van der Waals surface area (Å²) in [5.41, 5.74) is 0. The molecule has 0 aromatic heterocycles. The first-order valence-electron chi connectivity index (χ1n) is 9.08. The molecule has 4 nitrogen and oxygen atoms in total. The maximum Gasteiger partial charge on any atom is 0.243 e. The van der Waals surface area contributed by atoms with Gasteiger partial charge in [-0.3, -0.25) is 0 Å². The summed E-state index contributed by atoms with van der Waals surface area (Å²) in [6.45, 7) is 3.22. The molecule has 5 heteroatoms. The van der Waals surface area contributed by atoms with Crippen LogP contribution in [0.15, 0.2) is 35.2 Å². The van der Waals surface area contributed by atoms with Crippen molar-refractivity contribution in [3.63, 3.8) is 0 Å². The summed E-state index contributed by atoms with van der Waals surface area (Å²) in [6.07, 6.45) is 9.48. The topological polar surface area (TPSA) is 41.8 Å². The van der Waals surface area contributed by atoms with Gasteiger partial charge in [-0.1, -0.05) is 37.5 Å². The molecule has 0 unspecified atom stereocenters. The Morgan fingerprint density at radius 3 is 2.04 bits per heavy atom. The van der Waals surface area contributed by atoms with Crippen LogP contribution in [0.1, 0.15) is 44.9 Å². The lowest BCUT2D eigenvalue weighted by atomic mass is 9.95. The SMILES string of the molecule is O=S(=O)(c1ccccc1)N1CC[NH+](C2CCCCCCC2)CC1. The van der Waals surface area contributed by atoms with Crippen molar-refractivity contribution in [1.29, 1.82) is 0 Å². The summed E-state index contributed by atoms with van der Waals surface area (Å²) in [5, 5.41) is 0. The Morgan fingerprint density at radius 1 is 0.870 bits per heavy atom. The molecule has 0 amide bonds. The number of hydrogen-bond donors (Lipinski definition) is 1. The molecule has 1 aliphatic carbocycles. The molecule has 2 fully saturated rings. The molecule has 1 aliphatic heterocycles. The van der Waals surface area contributed by atoms with E-state index in [1.165, 1.54) is 44.9 Å². The van der Waals surface area contributed by atoms with Gasteiger partial charge in [0.25, 0.3) is 0 Å². The second-order valence-corrected chi connectivity index (χ2v) is 8.86. The Kier molecular flexibility index (Phi) is 5.72. The lowest BCUT2D eigenvalue weighted by Gasteiger charge is -2.36. The maximum atomic E-state index is 12.7. The second kappa shape index (κ2) is 7.77. The van der Waals surface area contributed by atoms with Crippen LogP contribution in [0.25, 0.3) is 0 Å². The van der Waals surface area contributed by atoms with Crippen LogP contribution in [0.2, 0.25) is 0 Å². The lowest BCUT2D eigenvalue weighted by molar-refractivity contribution is -0.929. The van der Waals surface area contributed by atoms with Crippen molar-refractivity contribution in [3.8, 4) is 0 Å². The van der Waals surface area contributed by atoms with Crippen molar-refractivity contribution in [3.05, 3.63) is 30.3 Å². The zero-order valence-corrected chi connectivity index (χ0v) is 14.7. The van der Waals surface area contributed by atoms with E-state index in [1.807, 2.05) is 6.07 Å². The summed E-state index contributed by atoms with van der Waals surface area (Å²) in [7, 11) is -3.31. The smallest absolute Gasteiger partial charge is 0.243 e. The number of nitrogens with one attached hydrogen (secondary N) is 1. The average molecular weight is 338 g/mol. The molecule has 1 aromatic carbocycles. The summed E-state index contributed by atoms with van der Waals surface area (Å²) in [5.74, 6) is 0. The highest BCUT2D eigenvalue weighted by atomic mass is 32.2. The first-order chi connectivity index (χ1) is 11.2. The number of piperazine rings is 1. The zero-order valence-electron chi connectivity index (χ0n) is 13.9. The van der Waals surface area contributed by atoms with E-state index in [1.54, 1.807) is 33.5 Å². The number of quaternary nitrogens is 1. The van der Waals surface area contributed by atoms with Crippen LogP contribution >= 0.6 is 0 Å².